The molecule has 0 aromatic heterocycles. The molecule has 0 spiro atoms. The molecule has 0 atom stereocenters. The SMILES string of the molecule is CC/C=C/CCCCCCC/C=C/C=C/CCC(=O)OCC. The Labute approximate surface area is 137 Å². The van der Waals surface area contributed by atoms with E-state index < -0.39 is 0 Å². The van der Waals surface area contributed by atoms with Crippen molar-refractivity contribution in [2.45, 2.75) is 78.1 Å². The summed E-state index contributed by atoms with van der Waals surface area (Å²) >= 11 is 0. The van der Waals surface area contributed by atoms with Crippen molar-refractivity contribution in [1.29, 1.82) is 0 Å². The average molecular weight is 306 g/mol. The summed E-state index contributed by atoms with van der Waals surface area (Å²) in [6, 6.07) is 0. The third kappa shape index (κ3) is 16.7. The molecule has 0 saturated carbocycles. The Bertz CT molecular complexity index is 327. The lowest BCUT2D eigenvalue weighted by atomic mass is 10.1. The topological polar surface area (TPSA) is 26.3 Å². The van der Waals surface area contributed by atoms with Crippen molar-refractivity contribution in [3.63, 3.8) is 0 Å². The van der Waals surface area contributed by atoms with Gasteiger partial charge in [-0.1, -0.05) is 62.6 Å². The summed E-state index contributed by atoms with van der Waals surface area (Å²) in [6.07, 6.45) is 24.3. The second kappa shape index (κ2) is 17.7. The van der Waals surface area contributed by atoms with Gasteiger partial charge in [0, 0.05) is 6.42 Å². The Morgan fingerprint density at radius 1 is 0.773 bits per heavy atom. The van der Waals surface area contributed by atoms with E-state index >= 15 is 0 Å². The third-order valence-electron chi connectivity index (χ3n) is 3.35. The molecule has 126 valence electrons. The number of rotatable bonds is 14. The van der Waals surface area contributed by atoms with Gasteiger partial charge in [-0.3, -0.25) is 4.79 Å². The first-order valence-electron chi connectivity index (χ1n) is 8.93. The fourth-order valence-electron chi connectivity index (χ4n) is 2.12. The van der Waals surface area contributed by atoms with Gasteiger partial charge in [-0.2, -0.15) is 0 Å². The van der Waals surface area contributed by atoms with E-state index in [0.29, 0.717) is 13.0 Å². The van der Waals surface area contributed by atoms with Crippen LogP contribution in [0.15, 0.2) is 36.5 Å². The van der Waals surface area contributed by atoms with Crippen LogP contribution in [0.4, 0.5) is 0 Å². The van der Waals surface area contributed by atoms with Gasteiger partial charge >= 0.3 is 5.97 Å². The Kier molecular flexibility index (Phi) is 16.7. The largest absolute Gasteiger partial charge is 0.466 e. The summed E-state index contributed by atoms with van der Waals surface area (Å²) in [4.78, 5) is 11.1. The molecule has 0 amide bonds. The average Bonchev–Trinajstić information content (AvgIpc) is 2.51. The Morgan fingerprint density at radius 2 is 1.36 bits per heavy atom. The van der Waals surface area contributed by atoms with E-state index in [1.807, 2.05) is 19.1 Å². The van der Waals surface area contributed by atoms with E-state index in [4.69, 9.17) is 4.74 Å². The van der Waals surface area contributed by atoms with Crippen LogP contribution in [-0.4, -0.2) is 12.6 Å². The van der Waals surface area contributed by atoms with Crippen molar-refractivity contribution >= 4 is 5.97 Å². The maximum Gasteiger partial charge on any atom is 0.306 e. The summed E-state index contributed by atoms with van der Waals surface area (Å²) in [5.41, 5.74) is 0. The Balaban J connectivity index is 3.30. The molecule has 0 aromatic rings. The summed E-state index contributed by atoms with van der Waals surface area (Å²) in [5.74, 6) is -0.110. The number of unbranched alkanes of at least 4 members (excludes halogenated alkanes) is 6. The van der Waals surface area contributed by atoms with Gasteiger partial charge in [0.25, 0.3) is 0 Å². The van der Waals surface area contributed by atoms with Gasteiger partial charge in [0.05, 0.1) is 6.61 Å². The predicted octanol–water partition coefficient (Wildman–Crippen LogP) is 6.14. The molecule has 2 heteroatoms. The van der Waals surface area contributed by atoms with E-state index in [2.05, 4.69) is 31.2 Å². The molecule has 0 bridgehead atoms. The fraction of sp³-hybridized carbons (Fsp3) is 0.650. The van der Waals surface area contributed by atoms with E-state index in [0.717, 1.165) is 19.3 Å². The maximum atomic E-state index is 11.1. The second-order valence-electron chi connectivity index (χ2n) is 5.42. The Morgan fingerprint density at radius 3 is 2.00 bits per heavy atom. The van der Waals surface area contributed by atoms with Crippen molar-refractivity contribution in [3.8, 4) is 0 Å². The first-order valence-corrected chi connectivity index (χ1v) is 8.93. The molecule has 0 radical (unpaired) electrons. The molecular formula is C20H34O2. The third-order valence-corrected chi connectivity index (χ3v) is 3.35. The van der Waals surface area contributed by atoms with E-state index in [-0.39, 0.29) is 5.97 Å². The minimum Gasteiger partial charge on any atom is -0.466 e. The minimum atomic E-state index is -0.110. The van der Waals surface area contributed by atoms with Crippen molar-refractivity contribution in [2.75, 3.05) is 6.61 Å². The lowest BCUT2D eigenvalue weighted by Gasteiger charge is -1.98. The summed E-state index contributed by atoms with van der Waals surface area (Å²) in [5, 5.41) is 0. The fourth-order valence-corrected chi connectivity index (χ4v) is 2.12. The molecule has 0 aliphatic carbocycles. The number of carbonyl (C=O) groups is 1. The van der Waals surface area contributed by atoms with Crippen LogP contribution >= 0.6 is 0 Å². The zero-order valence-corrected chi connectivity index (χ0v) is 14.6. The normalized spacial score (nSPS) is 11.9. The highest BCUT2D eigenvalue weighted by molar-refractivity contribution is 5.69. The van der Waals surface area contributed by atoms with Gasteiger partial charge < -0.3 is 4.74 Å². The second-order valence-corrected chi connectivity index (χ2v) is 5.42. The smallest absolute Gasteiger partial charge is 0.306 e. The van der Waals surface area contributed by atoms with Gasteiger partial charge in [-0.05, 0) is 45.4 Å². The highest BCUT2D eigenvalue weighted by Crippen LogP contribution is 2.08. The van der Waals surface area contributed by atoms with Crippen LogP contribution in [0.5, 0.6) is 0 Å². The van der Waals surface area contributed by atoms with Crippen LogP contribution < -0.4 is 0 Å². The molecule has 0 unspecified atom stereocenters. The molecule has 0 fully saturated rings. The maximum absolute atomic E-state index is 11.1. The molecule has 22 heavy (non-hydrogen) atoms. The van der Waals surface area contributed by atoms with Crippen molar-refractivity contribution in [1.82, 2.24) is 0 Å². The van der Waals surface area contributed by atoms with Gasteiger partial charge in [-0.25, -0.2) is 0 Å². The number of esters is 1. The molecule has 0 N–H and O–H groups in total. The van der Waals surface area contributed by atoms with E-state index in [1.165, 1.54) is 38.5 Å². The number of ether oxygens (including phenoxy) is 1. The first-order chi connectivity index (χ1) is 10.8. The Hall–Kier alpha value is -1.31. The quantitative estimate of drug-likeness (QED) is 0.167. The number of hydrogen-bond donors (Lipinski definition) is 0. The van der Waals surface area contributed by atoms with Crippen LogP contribution in [0.3, 0.4) is 0 Å². The minimum absolute atomic E-state index is 0.110. The van der Waals surface area contributed by atoms with Gasteiger partial charge in [-0.15, -0.1) is 0 Å². The summed E-state index contributed by atoms with van der Waals surface area (Å²) in [7, 11) is 0. The van der Waals surface area contributed by atoms with Crippen LogP contribution in [0.2, 0.25) is 0 Å². The van der Waals surface area contributed by atoms with E-state index in [9.17, 15) is 4.79 Å². The highest BCUT2D eigenvalue weighted by Gasteiger charge is 1.97. The molecule has 0 rings (SSSR count). The number of allylic oxidation sites excluding steroid dienone is 6. The van der Waals surface area contributed by atoms with Crippen LogP contribution in [0, 0.1) is 0 Å². The molecule has 0 saturated heterocycles. The first kappa shape index (κ1) is 20.7. The number of hydrogen-bond acceptors (Lipinski definition) is 2. The lowest BCUT2D eigenvalue weighted by molar-refractivity contribution is -0.142. The van der Waals surface area contributed by atoms with Gasteiger partial charge in [0.2, 0.25) is 0 Å². The van der Waals surface area contributed by atoms with Crippen molar-refractivity contribution < 1.29 is 9.53 Å². The van der Waals surface area contributed by atoms with Crippen molar-refractivity contribution in [3.05, 3.63) is 36.5 Å². The van der Waals surface area contributed by atoms with Crippen LogP contribution in [0.25, 0.3) is 0 Å². The zero-order chi connectivity index (χ0) is 16.3. The standard InChI is InChI=1S/C20H34O2/c1-3-5-6-7-8-9-10-11-12-13-14-15-16-17-18-19-20(21)22-4-2/h5-6,14-17H,3-4,7-13,18-19H2,1-2H3/b6-5+,15-14+,17-16+. The van der Waals surface area contributed by atoms with Gasteiger partial charge in [0.1, 0.15) is 0 Å². The monoisotopic (exact) mass is 306 g/mol. The van der Waals surface area contributed by atoms with Crippen LogP contribution in [-0.2, 0) is 9.53 Å². The summed E-state index contributed by atoms with van der Waals surface area (Å²) in [6.45, 7) is 4.48. The molecular weight excluding hydrogens is 272 g/mol. The number of carbonyl (C=O) groups excluding carboxylic acids is 1. The molecule has 0 aromatic carbocycles. The van der Waals surface area contributed by atoms with E-state index in [1.54, 1.807) is 0 Å². The molecule has 0 aliphatic heterocycles. The zero-order valence-electron chi connectivity index (χ0n) is 14.6. The molecule has 0 heterocycles. The predicted molar refractivity (Wildman–Crippen MR) is 95.9 cm³/mol. The lowest BCUT2D eigenvalue weighted by Crippen LogP contribution is -2.02. The molecule has 2 nitrogen and oxygen atoms in total. The van der Waals surface area contributed by atoms with Crippen molar-refractivity contribution in [2.24, 2.45) is 0 Å². The molecule has 0 aliphatic rings. The highest BCUT2D eigenvalue weighted by atomic mass is 16.5. The van der Waals surface area contributed by atoms with Gasteiger partial charge in [0.15, 0.2) is 0 Å². The summed E-state index contributed by atoms with van der Waals surface area (Å²) < 4.78 is 4.87. The van der Waals surface area contributed by atoms with Crippen LogP contribution in [0.1, 0.15) is 78.1 Å².